The van der Waals surface area contributed by atoms with E-state index >= 15 is 0 Å². The molecule has 98 valence electrons. The summed E-state index contributed by atoms with van der Waals surface area (Å²) in [6.45, 7) is 5.91. The van der Waals surface area contributed by atoms with E-state index < -0.39 is 5.54 Å². The Bertz CT molecular complexity index is 591. The fourth-order valence-electron chi connectivity index (χ4n) is 2.39. The molecule has 0 saturated carbocycles. The number of amides is 2. The van der Waals surface area contributed by atoms with Gasteiger partial charge >= 0.3 is 0 Å². The van der Waals surface area contributed by atoms with Crippen LogP contribution in [0, 0.1) is 12.3 Å². The van der Waals surface area contributed by atoms with Crippen LogP contribution in [0.4, 0.5) is 0 Å². The lowest BCUT2D eigenvalue weighted by atomic mass is 9.93. The molecule has 2 amide bonds. The van der Waals surface area contributed by atoms with Crippen molar-refractivity contribution in [1.82, 2.24) is 4.90 Å². The summed E-state index contributed by atoms with van der Waals surface area (Å²) in [5, 5.41) is 0. The van der Waals surface area contributed by atoms with Gasteiger partial charge in [0, 0.05) is 11.1 Å². The molecule has 2 rings (SSSR count). The van der Waals surface area contributed by atoms with Crippen molar-refractivity contribution in [2.45, 2.75) is 39.2 Å². The Hall–Kier alpha value is -2.08. The minimum absolute atomic E-state index is 0.213. The Morgan fingerprint density at radius 2 is 1.74 bits per heavy atom. The fourth-order valence-corrected chi connectivity index (χ4v) is 2.39. The zero-order valence-corrected chi connectivity index (χ0v) is 11.5. The highest BCUT2D eigenvalue weighted by molar-refractivity contribution is 6.22. The van der Waals surface area contributed by atoms with E-state index in [9.17, 15) is 9.59 Å². The van der Waals surface area contributed by atoms with Gasteiger partial charge in [0.2, 0.25) is 0 Å². The Morgan fingerprint density at radius 1 is 1.16 bits per heavy atom. The smallest absolute Gasteiger partial charge is 0.262 e. The molecular weight excluding hydrogens is 238 g/mol. The number of hydrogen-bond acceptors (Lipinski definition) is 2. The van der Waals surface area contributed by atoms with Crippen LogP contribution in [0.2, 0.25) is 0 Å². The number of fused-ring (bicyclic) bond motifs is 1. The Morgan fingerprint density at radius 3 is 2.26 bits per heavy atom. The molecule has 0 unspecified atom stereocenters. The quantitative estimate of drug-likeness (QED) is 0.615. The van der Waals surface area contributed by atoms with Gasteiger partial charge in [0.1, 0.15) is 0 Å². The molecule has 1 aromatic carbocycles. The second-order valence-electron chi connectivity index (χ2n) is 5.05. The van der Waals surface area contributed by atoms with Crippen LogP contribution in [-0.4, -0.2) is 22.3 Å². The normalized spacial score (nSPS) is 14.5. The second-order valence-corrected chi connectivity index (χ2v) is 5.05. The summed E-state index contributed by atoms with van der Waals surface area (Å²) in [4.78, 5) is 26.3. The van der Waals surface area contributed by atoms with E-state index in [1.54, 1.807) is 18.2 Å². The number of imide groups is 1. The van der Waals surface area contributed by atoms with Crippen LogP contribution in [-0.2, 0) is 0 Å². The topological polar surface area (TPSA) is 37.4 Å². The van der Waals surface area contributed by atoms with Gasteiger partial charge < -0.3 is 0 Å². The zero-order valence-electron chi connectivity index (χ0n) is 11.5. The van der Waals surface area contributed by atoms with Gasteiger partial charge in [-0.1, -0.05) is 19.8 Å². The predicted octanol–water partition coefficient (Wildman–Crippen LogP) is 2.84. The minimum atomic E-state index is -0.441. The average molecular weight is 255 g/mol. The molecular formula is C16H17NO2. The molecule has 0 spiro atoms. The Labute approximate surface area is 113 Å². The van der Waals surface area contributed by atoms with Gasteiger partial charge in [0.25, 0.3) is 11.8 Å². The van der Waals surface area contributed by atoms with E-state index in [-0.39, 0.29) is 11.8 Å². The summed E-state index contributed by atoms with van der Waals surface area (Å²) in [5.41, 5.74) is 1.06. The highest BCUT2D eigenvalue weighted by Crippen LogP contribution is 2.33. The summed E-state index contributed by atoms with van der Waals surface area (Å²) in [6.07, 6.45) is 6.80. The largest absolute Gasteiger partial charge is 0.269 e. The first-order valence-electron chi connectivity index (χ1n) is 6.48. The predicted molar refractivity (Wildman–Crippen MR) is 73.9 cm³/mol. The molecule has 0 aromatic heterocycles. The first kappa shape index (κ1) is 13.4. The van der Waals surface area contributed by atoms with Crippen molar-refractivity contribution in [1.29, 1.82) is 0 Å². The van der Waals surface area contributed by atoms with Crippen LogP contribution in [0.15, 0.2) is 18.2 Å². The molecule has 0 saturated heterocycles. The first-order chi connectivity index (χ1) is 8.98. The SMILES string of the molecule is C#Cc1ccc2c(c1)C(=O)N(C(C)(CC)CC)C2=O. The van der Waals surface area contributed by atoms with Gasteiger partial charge in [-0.05, 0) is 38.0 Å². The summed E-state index contributed by atoms with van der Waals surface area (Å²) >= 11 is 0. The van der Waals surface area contributed by atoms with E-state index in [2.05, 4.69) is 5.92 Å². The maximum absolute atomic E-state index is 12.5. The van der Waals surface area contributed by atoms with E-state index in [1.165, 1.54) is 4.90 Å². The number of terminal acetylenes is 1. The van der Waals surface area contributed by atoms with Gasteiger partial charge in [-0.15, -0.1) is 6.42 Å². The van der Waals surface area contributed by atoms with Crippen molar-refractivity contribution in [3.63, 3.8) is 0 Å². The summed E-state index contributed by atoms with van der Waals surface area (Å²) in [5.74, 6) is 2.05. The van der Waals surface area contributed by atoms with Crippen LogP contribution < -0.4 is 0 Å². The van der Waals surface area contributed by atoms with Crippen LogP contribution in [0.1, 0.15) is 59.9 Å². The van der Waals surface area contributed by atoms with Crippen molar-refractivity contribution in [2.75, 3.05) is 0 Å². The average Bonchev–Trinajstić information content (AvgIpc) is 2.70. The second kappa shape index (κ2) is 4.55. The molecule has 19 heavy (non-hydrogen) atoms. The van der Waals surface area contributed by atoms with Gasteiger partial charge in [-0.2, -0.15) is 0 Å². The van der Waals surface area contributed by atoms with Gasteiger partial charge in [-0.25, -0.2) is 0 Å². The maximum Gasteiger partial charge on any atom is 0.262 e. The zero-order chi connectivity index (χ0) is 14.2. The number of carbonyl (C=O) groups is 2. The van der Waals surface area contributed by atoms with Gasteiger partial charge in [-0.3, -0.25) is 14.5 Å². The molecule has 0 fully saturated rings. The van der Waals surface area contributed by atoms with Crippen molar-refractivity contribution >= 4 is 11.8 Å². The first-order valence-corrected chi connectivity index (χ1v) is 6.48. The molecule has 1 aliphatic rings. The van der Waals surface area contributed by atoms with Crippen LogP contribution >= 0.6 is 0 Å². The van der Waals surface area contributed by atoms with Crippen molar-refractivity contribution in [3.8, 4) is 12.3 Å². The summed E-state index contributed by atoms with van der Waals surface area (Å²) in [6, 6.07) is 4.97. The fraction of sp³-hybridized carbons (Fsp3) is 0.375. The van der Waals surface area contributed by atoms with E-state index in [0.29, 0.717) is 16.7 Å². The van der Waals surface area contributed by atoms with Crippen LogP contribution in [0.3, 0.4) is 0 Å². The number of benzene rings is 1. The minimum Gasteiger partial charge on any atom is -0.269 e. The third-order valence-corrected chi connectivity index (χ3v) is 4.12. The van der Waals surface area contributed by atoms with Crippen molar-refractivity contribution < 1.29 is 9.59 Å². The number of nitrogens with zero attached hydrogens (tertiary/aromatic N) is 1. The van der Waals surface area contributed by atoms with E-state index in [4.69, 9.17) is 6.42 Å². The number of rotatable bonds is 3. The molecule has 0 bridgehead atoms. The highest BCUT2D eigenvalue weighted by Gasteiger charge is 2.44. The molecule has 0 radical (unpaired) electrons. The lowest BCUT2D eigenvalue weighted by Crippen LogP contribution is -2.48. The number of carbonyl (C=O) groups excluding carboxylic acids is 2. The highest BCUT2D eigenvalue weighted by atomic mass is 16.2. The molecule has 1 aromatic rings. The third-order valence-electron chi connectivity index (χ3n) is 4.12. The Balaban J connectivity index is 2.54. The third kappa shape index (κ3) is 1.84. The Kier molecular flexibility index (Phi) is 3.20. The summed E-state index contributed by atoms with van der Waals surface area (Å²) in [7, 11) is 0. The maximum atomic E-state index is 12.5. The molecule has 1 aliphatic heterocycles. The van der Waals surface area contributed by atoms with Crippen molar-refractivity contribution in [2.24, 2.45) is 0 Å². The molecule has 3 nitrogen and oxygen atoms in total. The molecule has 0 atom stereocenters. The van der Waals surface area contributed by atoms with E-state index in [1.807, 2.05) is 20.8 Å². The lowest BCUT2D eigenvalue weighted by Gasteiger charge is -2.35. The van der Waals surface area contributed by atoms with Gasteiger partial charge in [0.05, 0.1) is 11.1 Å². The van der Waals surface area contributed by atoms with Gasteiger partial charge in [0.15, 0.2) is 0 Å². The molecule has 0 aliphatic carbocycles. The van der Waals surface area contributed by atoms with Crippen LogP contribution in [0.25, 0.3) is 0 Å². The number of hydrogen-bond donors (Lipinski definition) is 0. The standard InChI is InChI=1S/C16H17NO2/c1-5-11-8-9-12-13(10-11)15(19)17(14(12)18)16(4,6-2)7-3/h1,8-10H,6-7H2,2-4H3. The van der Waals surface area contributed by atoms with E-state index in [0.717, 1.165) is 12.8 Å². The van der Waals surface area contributed by atoms with Crippen LogP contribution in [0.5, 0.6) is 0 Å². The lowest BCUT2D eigenvalue weighted by molar-refractivity contribution is 0.0435. The summed E-state index contributed by atoms with van der Waals surface area (Å²) < 4.78 is 0. The molecule has 1 heterocycles. The molecule has 3 heteroatoms. The monoisotopic (exact) mass is 255 g/mol. The molecule has 0 N–H and O–H groups in total. The van der Waals surface area contributed by atoms with Crippen molar-refractivity contribution in [3.05, 3.63) is 34.9 Å².